The second kappa shape index (κ2) is 9.69. The number of hydrogen-bond acceptors (Lipinski definition) is 3. The lowest BCUT2D eigenvalue weighted by Gasteiger charge is -2.24. The number of nitrogens with zero attached hydrogens (tertiary/aromatic N) is 2. The highest BCUT2D eigenvalue weighted by Gasteiger charge is 2.44. The van der Waals surface area contributed by atoms with Crippen LogP contribution in [0.2, 0.25) is 10.0 Å². The summed E-state index contributed by atoms with van der Waals surface area (Å²) < 4.78 is 0. The van der Waals surface area contributed by atoms with Gasteiger partial charge in [-0.3, -0.25) is 14.5 Å². The van der Waals surface area contributed by atoms with Crippen LogP contribution < -0.4 is 10.2 Å². The van der Waals surface area contributed by atoms with E-state index in [0.29, 0.717) is 26.5 Å². The molecule has 1 N–H and O–H groups in total. The molecule has 8 heteroatoms. The van der Waals surface area contributed by atoms with Crippen molar-refractivity contribution in [2.45, 2.75) is 19.0 Å². The molecule has 0 bridgehead atoms. The van der Waals surface area contributed by atoms with Gasteiger partial charge in [-0.05, 0) is 54.2 Å². The number of anilines is 2. The molecule has 1 heterocycles. The number of thiocarbonyl (C=S) groups is 1. The summed E-state index contributed by atoms with van der Waals surface area (Å²) in [6.45, 7) is 0.271. The number of benzene rings is 3. The summed E-state index contributed by atoms with van der Waals surface area (Å²) in [6, 6.07) is 22.7. The average molecular weight is 484 g/mol. The number of carbonyl (C=O) groups is 2. The van der Waals surface area contributed by atoms with E-state index >= 15 is 0 Å². The van der Waals surface area contributed by atoms with E-state index in [1.807, 2.05) is 48.5 Å². The van der Waals surface area contributed by atoms with E-state index in [9.17, 15) is 9.59 Å². The average Bonchev–Trinajstić information content (AvgIpc) is 3.00. The molecule has 2 amide bonds. The van der Waals surface area contributed by atoms with E-state index in [0.717, 1.165) is 5.56 Å². The molecule has 1 fully saturated rings. The number of carbonyl (C=O) groups excluding carboxylic acids is 2. The maximum atomic E-state index is 13.4. The Morgan fingerprint density at radius 2 is 1.62 bits per heavy atom. The van der Waals surface area contributed by atoms with Crippen LogP contribution in [0.1, 0.15) is 12.0 Å². The van der Waals surface area contributed by atoms with Crippen molar-refractivity contribution in [3.63, 3.8) is 0 Å². The van der Waals surface area contributed by atoms with Gasteiger partial charge in [0.2, 0.25) is 5.91 Å². The lowest BCUT2D eigenvalue weighted by molar-refractivity contribution is -0.124. The van der Waals surface area contributed by atoms with Gasteiger partial charge in [-0.2, -0.15) is 0 Å². The van der Waals surface area contributed by atoms with Gasteiger partial charge in [-0.1, -0.05) is 65.7 Å². The molecule has 0 aliphatic carbocycles. The molecule has 5 nitrogen and oxygen atoms in total. The van der Waals surface area contributed by atoms with Gasteiger partial charge in [0.25, 0.3) is 5.91 Å². The van der Waals surface area contributed by atoms with Crippen LogP contribution in [0.15, 0.2) is 78.9 Å². The van der Waals surface area contributed by atoms with Crippen molar-refractivity contribution in [1.82, 2.24) is 4.90 Å². The van der Waals surface area contributed by atoms with Crippen molar-refractivity contribution in [2.24, 2.45) is 0 Å². The minimum atomic E-state index is -0.766. The quantitative estimate of drug-likeness (QED) is 0.468. The summed E-state index contributed by atoms with van der Waals surface area (Å²) in [5.74, 6) is -0.533. The molecular formula is C24H19Cl2N3O2S. The second-order valence-electron chi connectivity index (χ2n) is 7.29. The fourth-order valence-electron chi connectivity index (χ4n) is 3.57. The van der Waals surface area contributed by atoms with Crippen molar-refractivity contribution in [3.8, 4) is 0 Å². The normalized spacial score (nSPS) is 15.9. The first-order valence-electron chi connectivity index (χ1n) is 9.92. The van der Waals surface area contributed by atoms with E-state index in [4.69, 9.17) is 35.4 Å². The van der Waals surface area contributed by atoms with Crippen LogP contribution in [-0.4, -0.2) is 27.9 Å². The molecule has 162 valence electrons. The number of halogens is 2. The topological polar surface area (TPSA) is 52.7 Å². The van der Waals surface area contributed by atoms with Crippen LogP contribution in [0.4, 0.5) is 11.4 Å². The summed E-state index contributed by atoms with van der Waals surface area (Å²) in [5.41, 5.74) is 2.08. The molecule has 0 radical (unpaired) electrons. The number of para-hydroxylation sites is 2. The van der Waals surface area contributed by atoms with Gasteiger partial charge in [0.05, 0.1) is 12.1 Å². The van der Waals surface area contributed by atoms with Crippen molar-refractivity contribution in [1.29, 1.82) is 0 Å². The minimum absolute atomic E-state index is 0.0532. The maximum Gasteiger partial charge on any atom is 0.256 e. The fraction of sp³-hybridized carbons (Fsp3) is 0.125. The van der Waals surface area contributed by atoms with E-state index in [-0.39, 0.29) is 24.8 Å². The highest BCUT2D eigenvalue weighted by Crippen LogP contribution is 2.31. The zero-order valence-corrected chi connectivity index (χ0v) is 19.2. The second-order valence-corrected chi connectivity index (χ2v) is 8.50. The number of amides is 2. The van der Waals surface area contributed by atoms with Gasteiger partial charge < -0.3 is 10.2 Å². The Labute approximate surface area is 201 Å². The molecule has 32 heavy (non-hydrogen) atoms. The molecule has 1 unspecified atom stereocenters. The molecule has 1 saturated heterocycles. The van der Waals surface area contributed by atoms with Gasteiger partial charge >= 0.3 is 0 Å². The van der Waals surface area contributed by atoms with Gasteiger partial charge in [-0.25, -0.2) is 0 Å². The van der Waals surface area contributed by atoms with E-state index in [1.165, 1.54) is 4.90 Å². The van der Waals surface area contributed by atoms with Crippen molar-refractivity contribution >= 4 is 63.7 Å². The number of nitrogens with one attached hydrogen (secondary N) is 1. The Hall–Kier alpha value is -2.93. The molecule has 1 atom stereocenters. The van der Waals surface area contributed by atoms with Gasteiger partial charge in [-0.15, -0.1) is 0 Å². The molecule has 1 aliphatic heterocycles. The Morgan fingerprint density at radius 1 is 0.969 bits per heavy atom. The van der Waals surface area contributed by atoms with Crippen molar-refractivity contribution in [3.05, 3.63) is 94.5 Å². The van der Waals surface area contributed by atoms with Crippen LogP contribution >= 0.6 is 35.4 Å². The van der Waals surface area contributed by atoms with Crippen molar-refractivity contribution < 1.29 is 9.59 Å². The first-order chi connectivity index (χ1) is 15.4. The Morgan fingerprint density at radius 3 is 2.28 bits per heavy atom. The molecule has 0 saturated carbocycles. The monoisotopic (exact) mass is 483 g/mol. The first kappa shape index (κ1) is 22.3. The van der Waals surface area contributed by atoms with E-state index < -0.39 is 6.04 Å². The van der Waals surface area contributed by atoms with Crippen LogP contribution in [-0.2, 0) is 16.1 Å². The zero-order chi connectivity index (χ0) is 22.7. The number of hydrogen-bond donors (Lipinski definition) is 1. The third kappa shape index (κ3) is 4.78. The highest BCUT2D eigenvalue weighted by atomic mass is 35.5. The molecule has 0 spiro atoms. The first-order valence-corrected chi connectivity index (χ1v) is 11.1. The minimum Gasteiger partial charge on any atom is -0.332 e. The summed E-state index contributed by atoms with van der Waals surface area (Å²) in [5, 5.41) is 4.15. The number of rotatable bonds is 6. The molecule has 1 aliphatic rings. The van der Waals surface area contributed by atoms with Crippen molar-refractivity contribution in [2.75, 3.05) is 10.2 Å². The standard InChI is InChI=1S/C24H19Cl2N3O2S/c25-17-12-11-16(20(26)13-17)15-28-21(14-22(30)27-18-7-3-1-4-8-18)23(31)29(24(28)32)19-9-5-2-6-10-19/h1-13,21H,14-15H2,(H,27,30). The Balaban J connectivity index is 1.62. The van der Waals surface area contributed by atoms with Crippen LogP contribution in [0.5, 0.6) is 0 Å². The third-order valence-electron chi connectivity index (χ3n) is 5.13. The molecule has 0 aromatic heterocycles. The van der Waals surface area contributed by atoms with Gasteiger partial charge in [0.1, 0.15) is 6.04 Å². The fourth-order valence-corrected chi connectivity index (χ4v) is 4.43. The molecule has 3 aromatic rings. The smallest absolute Gasteiger partial charge is 0.256 e. The predicted molar refractivity (Wildman–Crippen MR) is 132 cm³/mol. The third-order valence-corrected chi connectivity index (χ3v) is 6.13. The lowest BCUT2D eigenvalue weighted by atomic mass is 10.1. The van der Waals surface area contributed by atoms with Gasteiger partial charge in [0.15, 0.2) is 5.11 Å². The molecular weight excluding hydrogens is 465 g/mol. The highest BCUT2D eigenvalue weighted by molar-refractivity contribution is 7.80. The van der Waals surface area contributed by atoms with E-state index in [1.54, 1.807) is 35.2 Å². The van der Waals surface area contributed by atoms with Crippen LogP contribution in [0, 0.1) is 0 Å². The van der Waals surface area contributed by atoms with Gasteiger partial charge in [0, 0.05) is 22.3 Å². The molecule has 4 rings (SSSR count). The van der Waals surface area contributed by atoms with E-state index in [2.05, 4.69) is 5.32 Å². The predicted octanol–water partition coefficient (Wildman–Crippen LogP) is 5.52. The van der Waals surface area contributed by atoms with Crippen LogP contribution in [0.25, 0.3) is 0 Å². The van der Waals surface area contributed by atoms with Crippen LogP contribution in [0.3, 0.4) is 0 Å². The zero-order valence-electron chi connectivity index (χ0n) is 16.9. The summed E-state index contributed by atoms with van der Waals surface area (Å²) in [4.78, 5) is 29.4. The molecule has 3 aromatic carbocycles. The summed E-state index contributed by atoms with van der Waals surface area (Å²) >= 11 is 18.1. The Bertz CT molecular complexity index is 1160. The lowest BCUT2D eigenvalue weighted by Crippen LogP contribution is -2.37. The summed E-state index contributed by atoms with van der Waals surface area (Å²) in [7, 11) is 0. The Kier molecular flexibility index (Phi) is 6.74. The summed E-state index contributed by atoms with van der Waals surface area (Å²) in [6.07, 6.45) is -0.0532. The largest absolute Gasteiger partial charge is 0.332 e. The SMILES string of the molecule is O=C(CC1C(=O)N(c2ccccc2)C(=S)N1Cc1ccc(Cl)cc1Cl)Nc1ccccc1. The maximum absolute atomic E-state index is 13.4.